The zero-order valence-corrected chi connectivity index (χ0v) is 35.5. The quantitative estimate of drug-likeness (QED) is 0.0947. The predicted molar refractivity (Wildman–Crippen MR) is 226 cm³/mol. The Bertz CT molecular complexity index is 2860. The van der Waals surface area contributed by atoms with Crippen molar-refractivity contribution in [2.24, 2.45) is 0 Å². The topological polar surface area (TPSA) is 38.9 Å². The van der Waals surface area contributed by atoms with Crippen molar-refractivity contribution in [1.82, 2.24) is 9.97 Å². The number of pyridine rings is 2. The summed E-state index contributed by atoms with van der Waals surface area (Å²) in [5, 5.41) is 6.96. The van der Waals surface area contributed by atoms with Gasteiger partial charge in [-0.25, -0.2) is 0 Å². The van der Waals surface area contributed by atoms with Gasteiger partial charge in [-0.15, -0.1) is 18.2 Å². The fourth-order valence-corrected chi connectivity index (χ4v) is 9.77. The maximum atomic E-state index is 8.85. The molecule has 0 N–H and O–H groups in total. The molecule has 6 aromatic carbocycles. The van der Waals surface area contributed by atoms with E-state index in [1.54, 1.807) is 6.20 Å². The van der Waals surface area contributed by atoms with Gasteiger partial charge in [-0.3, -0.25) is 0 Å². The van der Waals surface area contributed by atoms with Gasteiger partial charge in [-0.05, 0) is 51.3 Å². The third kappa shape index (κ3) is 7.70. The summed E-state index contributed by atoms with van der Waals surface area (Å²) in [5.41, 5.74) is 7.24. The Morgan fingerprint density at radius 2 is 1.48 bits per heavy atom. The van der Waals surface area contributed by atoms with Gasteiger partial charge < -0.3 is 9.40 Å². The van der Waals surface area contributed by atoms with E-state index < -0.39 is 25.5 Å². The van der Waals surface area contributed by atoms with Crippen LogP contribution in [0.1, 0.15) is 40.5 Å². The second-order valence-corrected chi connectivity index (χ2v) is 25.2. The molecule has 1 radical (unpaired) electrons. The number of benzene rings is 6. The van der Waals surface area contributed by atoms with E-state index in [9.17, 15) is 0 Å². The van der Waals surface area contributed by atoms with E-state index in [2.05, 4.69) is 94.0 Å². The SMILES string of the molecule is [2H]C(C)(C)c1ccnc(-c2[c-]ccc3c2oc2cc4c(ccc5ccccc54)cc23)c1.[2H]C([2H])(c1ccccc1)c1cc(-c2[c-]cccc2)nc[c]1[Ge]([CH3])([CH3])[CH3].[Ir]. The molecule has 0 saturated heterocycles. The van der Waals surface area contributed by atoms with E-state index in [0.717, 1.165) is 60.0 Å². The van der Waals surface area contributed by atoms with Crippen LogP contribution >= 0.6 is 0 Å². The molecule has 9 rings (SSSR count). The van der Waals surface area contributed by atoms with Crippen LogP contribution in [0.4, 0.5) is 0 Å². The van der Waals surface area contributed by atoms with Gasteiger partial charge in [0, 0.05) is 33.1 Å². The molecule has 5 heteroatoms. The first-order valence-corrected chi connectivity index (χ1v) is 25.3. The number of hydrogen-bond donors (Lipinski definition) is 0. The second kappa shape index (κ2) is 15.9. The molecule has 0 atom stereocenters. The molecule has 0 unspecified atom stereocenters. The first kappa shape index (κ1) is 33.7. The minimum atomic E-state index is -2.30. The summed E-state index contributed by atoms with van der Waals surface area (Å²) in [4.78, 5) is 9.20. The molecule has 269 valence electrons. The number of rotatable bonds is 6. The summed E-state index contributed by atoms with van der Waals surface area (Å²) in [6.07, 6.45) is 2.10. The van der Waals surface area contributed by atoms with Crippen molar-refractivity contribution in [3.8, 4) is 22.5 Å². The first-order valence-electron chi connectivity index (χ1n) is 19.5. The second-order valence-electron chi connectivity index (χ2n) is 14.6. The normalized spacial score (nSPS) is 12.8. The Kier molecular flexibility index (Phi) is 9.89. The van der Waals surface area contributed by atoms with Crippen LogP contribution in [0.25, 0.3) is 66.0 Å². The molecular weight excluding hydrogens is 897 g/mol. The first-order chi connectivity index (χ1) is 26.8. The summed E-state index contributed by atoms with van der Waals surface area (Å²) in [6, 6.07) is 50.5. The molecule has 3 heterocycles. The van der Waals surface area contributed by atoms with Crippen LogP contribution in [0.5, 0.6) is 0 Å². The van der Waals surface area contributed by atoms with Crippen molar-refractivity contribution in [3.05, 3.63) is 175 Å². The smallest absolute Gasteiger partial charge is 0 e. The molecular formula is C49H42GeIrN2O-2. The van der Waals surface area contributed by atoms with Crippen LogP contribution in [0.3, 0.4) is 0 Å². The Morgan fingerprint density at radius 1 is 0.704 bits per heavy atom. The molecule has 0 aliphatic rings. The van der Waals surface area contributed by atoms with Crippen molar-refractivity contribution in [3.63, 3.8) is 0 Å². The molecule has 3 nitrogen and oxygen atoms in total. The summed E-state index contributed by atoms with van der Waals surface area (Å²) in [6.45, 7) is 3.76. The fraction of sp³-hybridized carbons (Fsp3) is 0.143. The molecule has 0 amide bonds. The van der Waals surface area contributed by atoms with Gasteiger partial charge >= 0.3 is 144 Å². The van der Waals surface area contributed by atoms with Gasteiger partial charge in [-0.2, -0.15) is 0 Å². The van der Waals surface area contributed by atoms with Gasteiger partial charge in [0.25, 0.3) is 0 Å². The van der Waals surface area contributed by atoms with E-state index >= 15 is 0 Å². The number of nitrogens with zero attached hydrogens (tertiary/aromatic N) is 2. The molecule has 0 saturated carbocycles. The zero-order valence-electron chi connectivity index (χ0n) is 34.0. The van der Waals surface area contributed by atoms with Crippen LogP contribution in [0.15, 0.2) is 150 Å². The minimum Gasteiger partial charge on any atom is 0 e. The maximum absolute atomic E-state index is 8.85. The summed E-state index contributed by atoms with van der Waals surface area (Å²) in [7, 11) is 0. The maximum Gasteiger partial charge on any atom is 0 e. The molecule has 0 aliphatic carbocycles. The van der Waals surface area contributed by atoms with E-state index in [1.165, 1.54) is 21.5 Å². The monoisotopic (exact) mass is 944 g/mol. The molecule has 0 bridgehead atoms. The van der Waals surface area contributed by atoms with Crippen LogP contribution < -0.4 is 4.40 Å². The van der Waals surface area contributed by atoms with Crippen LogP contribution in [-0.4, -0.2) is 23.2 Å². The summed E-state index contributed by atoms with van der Waals surface area (Å²) < 4.78 is 33.6. The van der Waals surface area contributed by atoms with Gasteiger partial charge in [0.2, 0.25) is 0 Å². The molecule has 0 spiro atoms. The Morgan fingerprint density at radius 3 is 2.26 bits per heavy atom. The number of hydrogen-bond acceptors (Lipinski definition) is 3. The van der Waals surface area contributed by atoms with Gasteiger partial charge in [0.05, 0.1) is 5.58 Å². The van der Waals surface area contributed by atoms with Crippen molar-refractivity contribution in [2.45, 2.75) is 43.4 Å². The number of fused-ring (bicyclic) bond motifs is 6. The largest absolute Gasteiger partial charge is 0 e. The Labute approximate surface area is 338 Å². The molecule has 0 aliphatic heterocycles. The molecule has 3 aromatic heterocycles. The Hall–Kier alpha value is -4.87. The standard InChI is InChI=1S/C28H20NO.C21H22GeN.Ir/c1-17(2)19-12-13-29-26(15-19)23-9-5-8-22-25-14-20-11-10-18-6-3-4-7-21(18)24(20)16-27(25)30-28(22)23;1-22(2,3)20-16-23-21(18-12-8-5-9-13-18)15-19(20)14-17-10-6-4-7-11-17;/h3-8,10-17H,1-2H3;4-12,15-16H,14H2,1-3H3;/q2*-1;/i17D;14D2;. The molecule has 0 fully saturated rings. The number of furan rings is 1. The number of aromatic nitrogens is 2. The van der Waals surface area contributed by atoms with E-state index in [4.69, 9.17) is 8.53 Å². The van der Waals surface area contributed by atoms with Gasteiger partial charge in [0.15, 0.2) is 0 Å². The molecule has 9 aromatic rings. The predicted octanol–water partition coefficient (Wildman–Crippen LogP) is 12.6. The third-order valence-electron chi connectivity index (χ3n) is 9.64. The molecule has 54 heavy (non-hydrogen) atoms. The fourth-order valence-electron chi connectivity index (χ4n) is 6.84. The average molecular weight is 943 g/mol. The van der Waals surface area contributed by atoms with Crippen LogP contribution in [0.2, 0.25) is 17.3 Å². The minimum absolute atomic E-state index is 0. The van der Waals surface area contributed by atoms with E-state index in [1.807, 2.05) is 98.9 Å². The van der Waals surface area contributed by atoms with Crippen molar-refractivity contribution >= 4 is 61.1 Å². The average Bonchev–Trinajstić information content (AvgIpc) is 3.58. The van der Waals surface area contributed by atoms with Gasteiger partial charge in [0.1, 0.15) is 5.58 Å². The Balaban J connectivity index is 0.000000175. The summed E-state index contributed by atoms with van der Waals surface area (Å²) >= 11 is -2.30. The van der Waals surface area contributed by atoms with E-state index in [0.29, 0.717) is 5.56 Å². The zero-order chi connectivity index (χ0) is 39.2. The van der Waals surface area contributed by atoms with Gasteiger partial charge in [-0.1, -0.05) is 72.8 Å². The van der Waals surface area contributed by atoms with Crippen molar-refractivity contribution in [1.29, 1.82) is 0 Å². The van der Waals surface area contributed by atoms with Crippen LogP contribution in [-0.2, 0) is 26.5 Å². The third-order valence-corrected chi connectivity index (χ3v) is 13.9. The van der Waals surface area contributed by atoms with Crippen LogP contribution in [0, 0.1) is 12.1 Å². The van der Waals surface area contributed by atoms with Crippen molar-refractivity contribution < 1.29 is 28.6 Å². The van der Waals surface area contributed by atoms with E-state index in [-0.39, 0.29) is 20.1 Å². The van der Waals surface area contributed by atoms with Crippen molar-refractivity contribution in [2.75, 3.05) is 0 Å². The summed E-state index contributed by atoms with van der Waals surface area (Å²) in [5.74, 6) is 6.12.